The molecule has 0 heterocycles. The van der Waals surface area contributed by atoms with Crippen LogP contribution in [0, 0.1) is 0 Å². The average molecular weight is 674 g/mol. The number of carbonyl (C=O) groups excluding carboxylic acids is 3. The summed E-state index contributed by atoms with van der Waals surface area (Å²) in [4.78, 5) is 36.4. The summed E-state index contributed by atoms with van der Waals surface area (Å²) in [6, 6.07) is -0.739. The van der Waals surface area contributed by atoms with Crippen molar-refractivity contribution in [1.29, 1.82) is 0 Å². The Morgan fingerprint density at radius 2 is 1.12 bits per heavy atom. The van der Waals surface area contributed by atoms with E-state index in [-0.39, 0.29) is 55.5 Å². The van der Waals surface area contributed by atoms with Gasteiger partial charge >= 0.3 is 11.9 Å². The highest BCUT2D eigenvalue weighted by molar-refractivity contribution is 5.70. The fourth-order valence-electron chi connectivity index (χ4n) is 4.72. The summed E-state index contributed by atoms with van der Waals surface area (Å²) in [6.07, 6.45) is 35.7. The molecule has 0 bridgehead atoms. The number of aliphatic carboxylic acids is 1. The molecule has 0 aliphatic heterocycles. The molecule has 2 atom stereocenters. The first kappa shape index (κ1) is 45.0. The SMILES string of the molecule is CCCCC/C=C/C/C=C/C/C=C/C/C=C/CCCC(=O)OC(COCCC(C(=O)[O-])[N+](C)(C)C)COC(=O)CC/C=C/CCCCC. The first-order valence-corrected chi connectivity index (χ1v) is 18.3. The van der Waals surface area contributed by atoms with E-state index in [0.29, 0.717) is 12.8 Å². The highest BCUT2D eigenvalue weighted by Crippen LogP contribution is 2.10. The lowest BCUT2D eigenvalue weighted by molar-refractivity contribution is -0.889. The number of hydrogen-bond donors (Lipinski definition) is 0. The lowest BCUT2D eigenvalue weighted by atomic mass is 10.1. The Labute approximate surface area is 292 Å². The van der Waals surface area contributed by atoms with E-state index in [1.807, 2.05) is 6.08 Å². The molecule has 0 aromatic heterocycles. The quantitative estimate of drug-likeness (QED) is 0.0321. The van der Waals surface area contributed by atoms with E-state index in [2.05, 4.69) is 68.5 Å². The maximum Gasteiger partial charge on any atom is 0.306 e. The topological polar surface area (TPSA) is 102 Å². The van der Waals surface area contributed by atoms with Gasteiger partial charge in [-0.3, -0.25) is 9.59 Å². The van der Waals surface area contributed by atoms with Gasteiger partial charge in [0.05, 0.1) is 40.3 Å². The fraction of sp³-hybridized carbons (Fsp3) is 0.675. The number of likely N-dealkylation sites (N-methyl/N-ethyl adjacent to an activating group) is 1. The molecule has 0 radical (unpaired) electrons. The Balaban J connectivity index is 4.54. The van der Waals surface area contributed by atoms with Gasteiger partial charge in [-0.15, -0.1) is 0 Å². The number of esters is 2. The lowest BCUT2D eigenvalue weighted by Crippen LogP contribution is -2.55. The van der Waals surface area contributed by atoms with Crippen molar-refractivity contribution in [1.82, 2.24) is 0 Å². The molecule has 0 aromatic carbocycles. The van der Waals surface area contributed by atoms with E-state index in [4.69, 9.17) is 14.2 Å². The van der Waals surface area contributed by atoms with Crippen LogP contribution in [0.2, 0.25) is 0 Å². The van der Waals surface area contributed by atoms with E-state index in [0.717, 1.165) is 38.5 Å². The number of rotatable bonds is 31. The molecule has 0 aliphatic carbocycles. The molecule has 0 rings (SSSR count). The zero-order valence-corrected chi connectivity index (χ0v) is 30.9. The van der Waals surface area contributed by atoms with Crippen molar-refractivity contribution >= 4 is 17.9 Å². The van der Waals surface area contributed by atoms with Gasteiger partial charge in [0.2, 0.25) is 0 Å². The van der Waals surface area contributed by atoms with Gasteiger partial charge in [-0.1, -0.05) is 100 Å². The third kappa shape index (κ3) is 29.2. The molecule has 0 fully saturated rings. The molecule has 8 nitrogen and oxygen atoms in total. The van der Waals surface area contributed by atoms with E-state index in [1.165, 1.54) is 38.5 Å². The molecule has 8 heteroatoms. The lowest BCUT2D eigenvalue weighted by Gasteiger charge is -2.34. The normalized spacial score (nSPS) is 13.8. The van der Waals surface area contributed by atoms with Gasteiger partial charge in [-0.2, -0.15) is 0 Å². The molecule has 0 N–H and O–H groups in total. The number of allylic oxidation sites excluding steroid dienone is 10. The largest absolute Gasteiger partial charge is 0.544 e. The summed E-state index contributed by atoms with van der Waals surface area (Å²) in [6.45, 7) is 4.43. The summed E-state index contributed by atoms with van der Waals surface area (Å²) in [5.74, 6) is -1.89. The number of unbranched alkanes of at least 4 members (excludes halogenated alkanes) is 7. The Morgan fingerprint density at radius 1 is 0.625 bits per heavy atom. The van der Waals surface area contributed by atoms with Crippen LogP contribution in [0.4, 0.5) is 0 Å². The van der Waals surface area contributed by atoms with Crippen LogP contribution in [0.5, 0.6) is 0 Å². The molecule has 0 spiro atoms. The van der Waals surface area contributed by atoms with Crippen molar-refractivity contribution in [3.05, 3.63) is 60.8 Å². The van der Waals surface area contributed by atoms with Crippen molar-refractivity contribution in [3.8, 4) is 0 Å². The Morgan fingerprint density at radius 3 is 1.65 bits per heavy atom. The predicted molar refractivity (Wildman–Crippen MR) is 194 cm³/mol. The van der Waals surface area contributed by atoms with E-state index < -0.39 is 18.1 Å². The van der Waals surface area contributed by atoms with Crippen LogP contribution < -0.4 is 5.11 Å². The van der Waals surface area contributed by atoms with Crippen LogP contribution in [-0.2, 0) is 28.6 Å². The minimum atomic E-state index is -1.14. The number of carbonyl (C=O) groups is 3. The second kappa shape index (κ2) is 31.3. The second-order valence-electron chi connectivity index (χ2n) is 13.1. The van der Waals surface area contributed by atoms with Crippen molar-refractivity contribution in [2.45, 2.75) is 135 Å². The van der Waals surface area contributed by atoms with Crippen LogP contribution >= 0.6 is 0 Å². The Bertz CT molecular complexity index is 975. The van der Waals surface area contributed by atoms with Gasteiger partial charge < -0.3 is 28.6 Å². The second-order valence-corrected chi connectivity index (χ2v) is 13.1. The highest BCUT2D eigenvalue weighted by Gasteiger charge is 2.25. The van der Waals surface area contributed by atoms with Crippen LogP contribution in [0.3, 0.4) is 0 Å². The third-order valence-electron chi connectivity index (χ3n) is 7.64. The molecular formula is C40H67NO7. The molecule has 0 saturated carbocycles. The summed E-state index contributed by atoms with van der Waals surface area (Å²) in [7, 11) is 5.35. The monoisotopic (exact) mass is 673 g/mol. The minimum Gasteiger partial charge on any atom is -0.544 e. The van der Waals surface area contributed by atoms with Crippen molar-refractivity contribution < 1.29 is 38.2 Å². The standard InChI is InChI=1S/C40H67NO7/c1-6-8-10-12-14-15-16-17-18-19-20-21-22-23-25-27-29-31-39(43)48-36(34-46-33-32-37(40(44)45)41(3,4)5)35-47-38(42)30-28-26-24-13-11-9-7-2/h14-15,17-18,20-21,23-26,36-37H,6-13,16,19,22,27-35H2,1-5H3/b15-14+,18-17+,21-20+,25-23+,26-24+. The minimum absolute atomic E-state index is 0.00440. The van der Waals surface area contributed by atoms with Crippen LogP contribution in [0.25, 0.3) is 0 Å². The first-order chi connectivity index (χ1) is 23.1. The Hall–Kier alpha value is -2.97. The first-order valence-electron chi connectivity index (χ1n) is 18.3. The molecule has 0 aliphatic rings. The summed E-state index contributed by atoms with van der Waals surface area (Å²) >= 11 is 0. The molecule has 48 heavy (non-hydrogen) atoms. The highest BCUT2D eigenvalue weighted by atomic mass is 16.6. The molecule has 0 saturated heterocycles. The van der Waals surface area contributed by atoms with E-state index in [9.17, 15) is 19.5 Å². The number of hydrogen-bond acceptors (Lipinski definition) is 7. The van der Waals surface area contributed by atoms with Crippen LogP contribution in [0.15, 0.2) is 60.8 Å². The van der Waals surface area contributed by atoms with Gasteiger partial charge in [0, 0.05) is 19.3 Å². The summed E-state index contributed by atoms with van der Waals surface area (Å²) in [5, 5.41) is 11.5. The Kier molecular flexibility index (Phi) is 29.4. The van der Waals surface area contributed by atoms with Gasteiger partial charge in [0.1, 0.15) is 12.6 Å². The molecular weight excluding hydrogens is 606 g/mol. The van der Waals surface area contributed by atoms with Crippen LogP contribution in [0.1, 0.15) is 123 Å². The maximum absolute atomic E-state index is 12.6. The van der Waals surface area contributed by atoms with Gasteiger partial charge in [-0.05, 0) is 64.2 Å². The van der Waals surface area contributed by atoms with Crippen molar-refractivity contribution in [2.24, 2.45) is 0 Å². The molecule has 274 valence electrons. The molecule has 0 amide bonds. The van der Waals surface area contributed by atoms with Crippen molar-refractivity contribution in [3.63, 3.8) is 0 Å². The number of carboxylic acids is 1. The number of ether oxygens (including phenoxy) is 3. The zero-order valence-electron chi connectivity index (χ0n) is 30.9. The van der Waals surface area contributed by atoms with Crippen LogP contribution in [-0.4, -0.2) is 75.5 Å². The van der Waals surface area contributed by atoms with E-state index >= 15 is 0 Å². The smallest absolute Gasteiger partial charge is 0.306 e. The zero-order chi connectivity index (χ0) is 35.7. The van der Waals surface area contributed by atoms with Gasteiger partial charge in [-0.25, -0.2) is 0 Å². The summed E-state index contributed by atoms with van der Waals surface area (Å²) in [5.41, 5.74) is 0. The van der Waals surface area contributed by atoms with Gasteiger partial charge in [0.25, 0.3) is 0 Å². The third-order valence-corrected chi connectivity index (χ3v) is 7.64. The molecule has 0 aromatic rings. The maximum atomic E-state index is 12.6. The van der Waals surface area contributed by atoms with E-state index in [1.54, 1.807) is 21.1 Å². The fourth-order valence-corrected chi connectivity index (χ4v) is 4.72. The summed E-state index contributed by atoms with van der Waals surface area (Å²) < 4.78 is 16.9. The number of nitrogens with zero attached hydrogens (tertiary/aromatic N) is 1. The predicted octanol–water partition coefficient (Wildman–Crippen LogP) is 7.74. The number of carboxylic acid groups (broad SMARTS) is 1. The van der Waals surface area contributed by atoms with Gasteiger partial charge in [0.15, 0.2) is 6.10 Å². The number of quaternary nitrogens is 1. The average Bonchev–Trinajstić information content (AvgIpc) is 3.03. The molecule has 2 unspecified atom stereocenters. The van der Waals surface area contributed by atoms with Crippen molar-refractivity contribution in [2.75, 3.05) is 41.0 Å².